The van der Waals surface area contributed by atoms with Crippen molar-refractivity contribution in [2.75, 3.05) is 0 Å². The topological polar surface area (TPSA) is 67.8 Å². The van der Waals surface area contributed by atoms with E-state index in [9.17, 15) is 9.59 Å². The van der Waals surface area contributed by atoms with Crippen LogP contribution in [-0.2, 0) is 0 Å². The first kappa shape index (κ1) is 20.9. The Balaban J connectivity index is 1.71. The number of halogens is 3. The minimum atomic E-state index is -0.641. The van der Waals surface area contributed by atoms with Gasteiger partial charge in [0, 0.05) is 21.2 Å². The number of amides is 1. The van der Waals surface area contributed by atoms with Crippen LogP contribution < -0.4 is 10.2 Å². The summed E-state index contributed by atoms with van der Waals surface area (Å²) >= 11 is 17.7. The molecule has 5 nitrogen and oxygen atoms in total. The van der Waals surface area contributed by atoms with Crippen LogP contribution in [0.1, 0.15) is 26.3 Å². The number of para-hydroxylation sites is 1. The molecular weight excluding hydrogens is 435 g/mol. The first-order valence-electron chi connectivity index (χ1n) is 8.29. The summed E-state index contributed by atoms with van der Waals surface area (Å²) in [5, 5.41) is 5.04. The monoisotopic (exact) mass is 446 g/mol. The summed E-state index contributed by atoms with van der Waals surface area (Å²) in [4.78, 5) is 24.5. The normalized spacial score (nSPS) is 10.7. The second-order valence-corrected chi connectivity index (χ2v) is 7.04. The average molecular weight is 448 g/mol. The van der Waals surface area contributed by atoms with Crippen LogP contribution in [0.4, 0.5) is 0 Å². The third-order valence-corrected chi connectivity index (χ3v) is 4.55. The number of hydrogen-bond donors (Lipinski definition) is 1. The molecule has 0 heterocycles. The maximum atomic E-state index is 12.4. The molecule has 146 valence electrons. The SMILES string of the molecule is O=C(N/N=C/c1ccccc1OC(=O)c1ccc(Cl)cc1Cl)c1ccc(Cl)cc1. The summed E-state index contributed by atoms with van der Waals surface area (Å²) in [7, 11) is 0. The Morgan fingerprint density at radius 3 is 2.31 bits per heavy atom. The van der Waals surface area contributed by atoms with E-state index in [0.29, 0.717) is 21.2 Å². The second-order valence-electron chi connectivity index (χ2n) is 5.76. The molecule has 0 aliphatic carbocycles. The van der Waals surface area contributed by atoms with Gasteiger partial charge in [0.2, 0.25) is 0 Å². The molecule has 0 atom stereocenters. The largest absolute Gasteiger partial charge is 0.422 e. The smallest absolute Gasteiger partial charge is 0.345 e. The highest BCUT2D eigenvalue weighted by atomic mass is 35.5. The molecule has 0 saturated carbocycles. The van der Waals surface area contributed by atoms with Gasteiger partial charge in [0.05, 0.1) is 16.8 Å². The molecule has 3 aromatic rings. The van der Waals surface area contributed by atoms with Crippen molar-refractivity contribution < 1.29 is 14.3 Å². The summed E-state index contributed by atoms with van der Waals surface area (Å²) in [6.07, 6.45) is 1.37. The van der Waals surface area contributed by atoms with Crippen molar-refractivity contribution in [3.63, 3.8) is 0 Å². The maximum Gasteiger partial charge on any atom is 0.345 e. The zero-order valence-corrected chi connectivity index (χ0v) is 17.0. The Bertz CT molecular complexity index is 1080. The van der Waals surface area contributed by atoms with Crippen molar-refractivity contribution in [2.45, 2.75) is 0 Å². The van der Waals surface area contributed by atoms with E-state index in [1.165, 1.54) is 18.3 Å². The van der Waals surface area contributed by atoms with E-state index in [4.69, 9.17) is 39.5 Å². The van der Waals surface area contributed by atoms with Gasteiger partial charge in [0.25, 0.3) is 5.91 Å². The van der Waals surface area contributed by atoms with Crippen molar-refractivity contribution in [1.82, 2.24) is 5.43 Å². The second kappa shape index (κ2) is 9.56. The lowest BCUT2D eigenvalue weighted by atomic mass is 10.2. The van der Waals surface area contributed by atoms with Crippen LogP contribution in [0, 0.1) is 0 Å². The van der Waals surface area contributed by atoms with Gasteiger partial charge in [0.15, 0.2) is 0 Å². The van der Waals surface area contributed by atoms with Gasteiger partial charge in [0.1, 0.15) is 5.75 Å². The zero-order valence-electron chi connectivity index (χ0n) is 14.7. The number of carbonyl (C=O) groups is 2. The predicted octanol–water partition coefficient (Wildman–Crippen LogP) is 5.63. The Hall–Kier alpha value is -2.86. The minimum absolute atomic E-state index is 0.179. The standard InChI is InChI=1S/C21H13Cl3N2O3/c22-15-7-5-13(6-8-15)20(27)26-25-12-14-3-1-2-4-19(14)29-21(28)17-10-9-16(23)11-18(17)24/h1-12H,(H,26,27)/b25-12+. The van der Waals surface area contributed by atoms with Gasteiger partial charge in [-0.3, -0.25) is 4.79 Å². The fourth-order valence-electron chi connectivity index (χ4n) is 2.32. The lowest BCUT2D eigenvalue weighted by Crippen LogP contribution is -2.17. The molecule has 0 saturated heterocycles. The maximum absolute atomic E-state index is 12.4. The van der Waals surface area contributed by atoms with Gasteiger partial charge in [-0.25, -0.2) is 10.2 Å². The molecule has 0 bridgehead atoms. The van der Waals surface area contributed by atoms with E-state index in [-0.39, 0.29) is 16.3 Å². The van der Waals surface area contributed by atoms with Gasteiger partial charge in [-0.2, -0.15) is 5.10 Å². The van der Waals surface area contributed by atoms with Crippen LogP contribution >= 0.6 is 34.8 Å². The summed E-state index contributed by atoms with van der Waals surface area (Å²) in [5.74, 6) is -0.786. The summed E-state index contributed by atoms with van der Waals surface area (Å²) in [5.41, 5.74) is 3.48. The molecular formula is C21H13Cl3N2O3. The molecule has 1 amide bonds. The number of benzene rings is 3. The molecule has 1 N–H and O–H groups in total. The van der Waals surface area contributed by atoms with Crippen molar-refractivity contribution in [3.05, 3.63) is 98.5 Å². The number of hydrogen-bond acceptors (Lipinski definition) is 4. The summed E-state index contributed by atoms with van der Waals surface area (Å²) in [6.45, 7) is 0. The van der Waals surface area contributed by atoms with E-state index in [2.05, 4.69) is 10.5 Å². The molecule has 0 fully saturated rings. The number of rotatable bonds is 5. The third-order valence-electron chi connectivity index (χ3n) is 3.75. The number of nitrogens with one attached hydrogen (secondary N) is 1. The van der Waals surface area contributed by atoms with Crippen molar-refractivity contribution in [1.29, 1.82) is 0 Å². The van der Waals surface area contributed by atoms with Crippen LogP contribution in [0.15, 0.2) is 71.8 Å². The van der Waals surface area contributed by atoms with Crippen molar-refractivity contribution >= 4 is 52.9 Å². The lowest BCUT2D eigenvalue weighted by molar-refractivity contribution is 0.0734. The van der Waals surface area contributed by atoms with E-state index < -0.39 is 11.9 Å². The number of esters is 1. The molecule has 0 aliphatic heterocycles. The van der Waals surface area contributed by atoms with Crippen LogP contribution in [0.25, 0.3) is 0 Å². The number of ether oxygens (including phenoxy) is 1. The van der Waals surface area contributed by atoms with E-state index >= 15 is 0 Å². The van der Waals surface area contributed by atoms with Crippen LogP contribution in [0.2, 0.25) is 15.1 Å². The number of hydrazone groups is 1. The fraction of sp³-hybridized carbons (Fsp3) is 0. The zero-order chi connectivity index (χ0) is 20.8. The van der Waals surface area contributed by atoms with Gasteiger partial charge < -0.3 is 4.74 Å². The highest BCUT2D eigenvalue weighted by Crippen LogP contribution is 2.24. The molecule has 0 unspecified atom stereocenters. The Labute approximate surface area is 181 Å². The van der Waals surface area contributed by atoms with Crippen LogP contribution in [-0.4, -0.2) is 18.1 Å². The van der Waals surface area contributed by atoms with Crippen LogP contribution in [0.5, 0.6) is 5.75 Å². The molecule has 8 heteroatoms. The van der Waals surface area contributed by atoms with E-state index in [1.807, 2.05) is 0 Å². The molecule has 29 heavy (non-hydrogen) atoms. The fourth-order valence-corrected chi connectivity index (χ4v) is 2.93. The quantitative estimate of drug-likeness (QED) is 0.238. The molecule has 0 spiro atoms. The highest BCUT2D eigenvalue weighted by molar-refractivity contribution is 6.36. The highest BCUT2D eigenvalue weighted by Gasteiger charge is 2.14. The average Bonchev–Trinajstić information content (AvgIpc) is 2.69. The van der Waals surface area contributed by atoms with E-state index in [1.54, 1.807) is 54.6 Å². The minimum Gasteiger partial charge on any atom is -0.422 e. The summed E-state index contributed by atoms with van der Waals surface area (Å²) < 4.78 is 5.42. The Kier molecular flexibility index (Phi) is 6.88. The first-order chi connectivity index (χ1) is 13.9. The van der Waals surface area contributed by atoms with Crippen LogP contribution in [0.3, 0.4) is 0 Å². The van der Waals surface area contributed by atoms with Crippen molar-refractivity contribution in [3.8, 4) is 5.75 Å². The Morgan fingerprint density at radius 2 is 1.59 bits per heavy atom. The van der Waals surface area contributed by atoms with E-state index in [0.717, 1.165) is 0 Å². The molecule has 3 aromatic carbocycles. The van der Waals surface area contributed by atoms with Gasteiger partial charge in [-0.15, -0.1) is 0 Å². The number of nitrogens with zero attached hydrogens (tertiary/aromatic N) is 1. The van der Waals surface area contributed by atoms with Gasteiger partial charge in [-0.05, 0) is 54.6 Å². The van der Waals surface area contributed by atoms with Gasteiger partial charge >= 0.3 is 5.97 Å². The Morgan fingerprint density at radius 1 is 0.897 bits per heavy atom. The van der Waals surface area contributed by atoms with Gasteiger partial charge in [-0.1, -0.05) is 46.9 Å². The molecule has 0 aliphatic rings. The molecule has 0 aromatic heterocycles. The molecule has 3 rings (SSSR count). The molecule has 0 radical (unpaired) electrons. The predicted molar refractivity (Wildman–Crippen MR) is 114 cm³/mol. The first-order valence-corrected chi connectivity index (χ1v) is 9.42. The number of carbonyl (C=O) groups excluding carboxylic acids is 2. The van der Waals surface area contributed by atoms with Crippen molar-refractivity contribution in [2.24, 2.45) is 5.10 Å². The summed E-state index contributed by atoms with van der Waals surface area (Å²) in [6, 6.07) is 17.6. The lowest BCUT2D eigenvalue weighted by Gasteiger charge is -2.08. The third kappa shape index (κ3) is 5.57.